The summed E-state index contributed by atoms with van der Waals surface area (Å²) >= 11 is 0. The van der Waals surface area contributed by atoms with Crippen LogP contribution >= 0.6 is 24.0 Å². The van der Waals surface area contributed by atoms with E-state index in [1.807, 2.05) is 30.9 Å². The summed E-state index contributed by atoms with van der Waals surface area (Å²) in [5, 5.41) is 6.79. The number of hydrogen-bond donors (Lipinski definition) is 2. The molecule has 2 rings (SSSR count). The Kier molecular flexibility index (Phi) is 11.9. The molecule has 2 N–H and O–H groups in total. The summed E-state index contributed by atoms with van der Waals surface area (Å²) in [5.41, 5.74) is 1.20. The summed E-state index contributed by atoms with van der Waals surface area (Å²) in [6.45, 7) is 9.05. The van der Waals surface area contributed by atoms with Crippen LogP contribution in [0.15, 0.2) is 23.2 Å². The van der Waals surface area contributed by atoms with E-state index in [0.717, 1.165) is 62.9 Å². The zero-order valence-electron chi connectivity index (χ0n) is 18.9. The van der Waals surface area contributed by atoms with E-state index in [1.54, 1.807) is 14.2 Å². The van der Waals surface area contributed by atoms with Crippen molar-refractivity contribution in [3.05, 3.63) is 23.8 Å². The second-order valence-electron chi connectivity index (χ2n) is 7.62. The van der Waals surface area contributed by atoms with Gasteiger partial charge in [-0.05, 0) is 43.9 Å². The summed E-state index contributed by atoms with van der Waals surface area (Å²) in [4.78, 5) is 18.8. The third-order valence-corrected chi connectivity index (χ3v) is 5.02. The molecule has 0 aromatic heterocycles. The lowest BCUT2D eigenvalue weighted by atomic mass is 10.1. The summed E-state index contributed by atoms with van der Waals surface area (Å²) < 4.78 is 10.7. The molecule has 0 saturated carbocycles. The van der Waals surface area contributed by atoms with Gasteiger partial charge in [0.25, 0.3) is 0 Å². The number of aryl methyl sites for hydroxylation is 1. The number of likely N-dealkylation sites (tertiary alicyclic amines) is 1. The van der Waals surface area contributed by atoms with Crippen molar-refractivity contribution in [2.75, 3.05) is 40.4 Å². The molecule has 1 aliphatic heterocycles. The number of guanidine groups is 1. The van der Waals surface area contributed by atoms with Crippen LogP contribution in [0, 0.1) is 5.92 Å². The number of nitrogens with zero attached hydrogens (tertiary/aromatic N) is 2. The van der Waals surface area contributed by atoms with Gasteiger partial charge in [-0.1, -0.05) is 19.9 Å². The predicted octanol–water partition coefficient (Wildman–Crippen LogP) is 3.07. The number of amides is 1. The van der Waals surface area contributed by atoms with Crippen molar-refractivity contribution in [2.45, 2.75) is 46.1 Å². The monoisotopic (exact) mass is 532 g/mol. The first-order valence-corrected chi connectivity index (χ1v) is 10.5. The molecule has 0 aliphatic carbocycles. The minimum Gasteiger partial charge on any atom is -0.493 e. The number of rotatable bonds is 9. The quantitative estimate of drug-likeness (QED) is 0.221. The van der Waals surface area contributed by atoms with E-state index in [-0.39, 0.29) is 41.8 Å². The van der Waals surface area contributed by atoms with Gasteiger partial charge in [0.05, 0.1) is 14.2 Å². The summed E-state index contributed by atoms with van der Waals surface area (Å²) in [5.74, 6) is 2.60. The Hall–Kier alpha value is -1.71. The Balaban J connectivity index is 0.00000450. The fraction of sp³-hybridized carbons (Fsp3) is 0.636. The van der Waals surface area contributed by atoms with Gasteiger partial charge in [0, 0.05) is 38.1 Å². The largest absolute Gasteiger partial charge is 0.493 e. The van der Waals surface area contributed by atoms with E-state index in [0.29, 0.717) is 0 Å². The molecule has 8 heteroatoms. The van der Waals surface area contributed by atoms with E-state index in [2.05, 4.69) is 23.6 Å². The number of carbonyl (C=O) groups excluding carboxylic acids is 1. The van der Waals surface area contributed by atoms with Gasteiger partial charge < -0.3 is 25.0 Å². The Labute approximate surface area is 198 Å². The van der Waals surface area contributed by atoms with Crippen molar-refractivity contribution in [2.24, 2.45) is 10.9 Å². The minimum absolute atomic E-state index is 0. The molecule has 1 atom stereocenters. The van der Waals surface area contributed by atoms with E-state index < -0.39 is 0 Å². The molecular weight excluding hydrogens is 495 g/mol. The maximum Gasteiger partial charge on any atom is 0.225 e. The molecule has 1 saturated heterocycles. The smallest absolute Gasteiger partial charge is 0.225 e. The number of carbonyl (C=O) groups is 1. The fourth-order valence-corrected chi connectivity index (χ4v) is 3.47. The van der Waals surface area contributed by atoms with E-state index in [9.17, 15) is 4.79 Å². The molecule has 0 spiro atoms. The molecule has 0 bridgehead atoms. The van der Waals surface area contributed by atoms with Crippen LogP contribution in [0.5, 0.6) is 11.5 Å². The van der Waals surface area contributed by atoms with E-state index >= 15 is 0 Å². The zero-order valence-corrected chi connectivity index (χ0v) is 21.2. The first kappa shape index (κ1) is 26.3. The number of ether oxygens (including phenoxy) is 2. The van der Waals surface area contributed by atoms with Crippen LogP contribution in [0.2, 0.25) is 0 Å². The van der Waals surface area contributed by atoms with Gasteiger partial charge in [0.15, 0.2) is 17.5 Å². The highest BCUT2D eigenvalue weighted by Crippen LogP contribution is 2.27. The summed E-state index contributed by atoms with van der Waals surface area (Å²) in [6.07, 6.45) is 2.81. The molecule has 1 aromatic rings. The van der Waals surface area contributed by atoms with E-state index in [4.69, 9.17) is 14.5 Å². The Morgan fingerprint density at radius 2 is 2.00 bits per heavy atom. The highest BCUT2D eigenvalue weighted by atomic mass is 127. The lowest BCUT2D eigenvalue weighted by Gasteiger charge is -2.20. The average Bonchev–Trinajstić information content (AvgIpc) is 3.18. The molecule has 1 heterocycles. The Morgan fingerprint density at radius 3 is 2.63 bits per heavy atom. The molecule has 170 valence electrons. The fourth-order valence-electron chi connectivity index (χ4n) is 3.47. The molecule has 0 radical (unpaired) electrons. The first-order valence-electron chi connectivity index (χ1n) is 10.5. The van der Waals surface area contributed by atoms with Crippen LogP contribution in [0.4, 0.5) is 0 Å². The summed E-state index contributed by atoms with van der Waals surface area (Å²) in [6, 6.07) is 6.27. The van der Waals surface area contributed by atoms with Gasteiger partial charge in [-0.3, -0.25) is 9.79 Å². The minimum atomic E-state index is 0. The normalized spacial score (nSPS) is 16.3. The van der Waals surface area contributed by atoms with Crippen LogP contribution in [0.3, 0.4) is 0 Å². The van der Waals surface area contributed by atoms with Crippen LogP contribution in [-0.4, -0.2) is 63.2 Å². The third-order valence-electron chi connectivity index (χ3n) is 5.02. The third kappa shape index (κ3) is 7.85. The van der Waals surface area contributed by atoms with Gasteiger partial charge >= 0.3 is 0 Å². The molecule has 1 unspecified atom stereocenters. The lowest BCUT2D eigenvalue weighted by Crippen LogP contribution is -2.45. The number of hydrogen-bond acceptors (Lipinski definition) is 4. The van der Waals surface area contributed by atoms with Gasteiger partial charge in [-0.2, -0.15) is 0 Å². The van der Waals surface area contributed by atoms with Gasteiger partial charge in [0.2, 0.25) is 5.91 Å². The van der Waals surface area contributed by atoms with Crippen molar-refractivity contribution in [1.82, 2.24) is 15.5 Å². The summed E-state index contributed by atoms with van der Waals surface area (Å²) in [7, 11) is 3.29. The Morgan fingerprint density at radius 1 is 1.27 bits per heavy atom. The SMILES string of the molecule is CCNC(=NCCCc1ccc(OC)c(OC)c1)NC1CCN(C(=O)C(C)C)C1.I. The molecule has 1 aromatic carbocycles. The van der Waals surface area contributed by atoms with Crippen molar-refractivity contribution < 1.29 is 14.3 Å². The van der Waals surface area contributed by atoms with Crippen molar-refractivity contribution in [1.29, 1.82) is 0 Å². The van der Waals surface area contributed by atoms with Crippen LogP contribution in [0.25, 0.3) is 0 Å². The molecule has 1 fully saturated rings. The maximum absolute atomic E-state index is 12.2. The second-order valence-corrected chi connectivity index (χ2v) is 7.62. The topological polar surface area (TPSA) is 75.2 Å². The van der Waals surface area contributed by atoms with Crippen molar-refractivity contribution >= 4 is 35.8 Å². The first-order chi connectivity index (χ1) is 14.0. The van der Waals surface area contributed by atoms with Crippen LogP contribution < -0.4 is 20.1 Å². The number of halogens is 1. The predicted molar refractivity (Wildman–Crippen MR) is 132 cm³/mol. The lowest BCUT2D eigenvalue weighted by molar-refractivity contribution is -0.133. The molecule has 30 heavy (non-hydrogen) atoms. The van der Waals surface area contributed by atoms with Crippen LogP contribution in [0.1, 0.15) is 39.2 Å². The van der Waals surface area contributed by atoms with Crippen molar-refractivity contribution in [3.63, 3.8) is 0 Å². The van der Waals surface area contributed by atoms with Gasteiger partial charge in [-0.15, -0.1) is 24.0 Å². The standard InChI is InChI=1S/C22H36N4O3.HI/c1-6-23-22(25-18-11-13-26(15-18)21(27)16(2)3)24-12-7-8-17-9-10-19(28-4)20(14-17)29-5;/h9-10,14,16,18H,6-8,11-13,15H2,1-5H3,(H2,23,24,25);1H. The number of methoxy groups -OCH3 is 2. The molecule has 7 nitrogen and oxygen atoms in total. The molecule has 1 amide bonds. The number of benzene rings is 1. The molecular formula is C22H37IN4O3. The highest BCUT2D eigenvalue weighted by Gasteiger charge is 2.27. The van der Waals surface area contributed by atoms with Crippen LogP contribution in [-0.2, 0) is 11.2 Å². The highest BCUT2D eigenvalue weighted by molar-refractivity contribution is 14.0. The van der Waals surface area contributed by atoms with Gasteiger partial charge in [-0.25, -0.2) is 0 Å². The number of aliphatic imine (C=N–C) groups is 1. The van der Waals surface area contributed by atoms with Gasteiger partial charge in [0.1, 0.15) is 0 Å². The Bertz CT molecular complexity index is 697. The van der Waals surface area contributed by atoms with E-state index in [1.165, 1.54) is 5.56 Å². The average molecular weight is 532 g/mol. The zero-order chi connectivity index (χ0) is 21.2. The van der Waals surface area contributed by atoms with Crippen molar-refractivity contribution in [3.8, 4) is 11.5 Å². The maximum atomic E-state index is 12.2. The molecule has 1 aliphatic rings. The second kappa shape index (κ2) is 13.6. The number of nitrogens with one attached hydrogen (secondary N) is 2.